The first-order chi connectivity index (χ1) is 8.72. The van der Waals surface area contributed by atoms with Crippen molar-refractivity contribution >= 4 is 34.0 Å². The molecule has 1 aromatic heterocycles. The average Bonchev–Trinajstić information content (AvgIpc) is 2.96. The van der Waals surface area contributed by atoms with Gasteiger partial charge in [-0.2, -0.15) is 0 Å². The Morgan fingerprint density at radius 3 is 3.22 bits per heavy atom. The molecule has 1 aliphatic rings. The van der Waals surface area contributed by atoms with Crippen molar-refractivity contribution in [2.45, 2.75) is 12.5 Å². The highest BCUT2D eigenvalue weighted by Crippen LogP contribution is 2.31. The molecule has 1 N–H and O–H groups in total. The van der Waals surface area contributed by atoms with Crippen LogP contribution in [0.5, 0.6) is 5.75 Å². The molecule has 1 aliphatic heterocycles. The number of anilines is 1. The van der Waals surface area contributed by atoms with Gasteiger partial charge in [-0.15, -0.1) is 10.2 Å². The summed E-state index contributed by atoms with van der Waals surface area (Å²) in [4.78, 5) is 11.9. The summed E-state index contributed by atoms with van der Waals surface area (Å²) in [5.41, 5.74) is 2.50. The van der Waals surface area contributed by atoms with E-state index in [-0.39, 0.29) is 5.91 Å². The number of carbonyl (C=O) groups is 1. The van der Waals surface area contributed by atoms with Gasteiger partial charge in [0.2, 0.25) is 5.13 Å². The van der Waals surface area contributed by atoms with E-state index >= 15 is 0 Å². The van der Waals surface area contributed by atoms with Crippen LogP contribution in [0.2, 0.25) is 5.02 Å². The van der Waals surface area contributed by atoms with E-state index in [2.05, 4.69) is 15.5 Å². The topological polar surface area (TPSA) is 64.1 Å². The number of fused-ring (bicyclic) bond motifs is 1. The lowest BCUT2D eigenvalue weighted by Crippen LogP contribution is -2.31. The van der Waals surface area contributed by atoms with Gasteiger partial charge in [0.1, 0.15) is 11.3 Å². The molecule has 5 nitrogen and oxygen atoms in total. The van der Waals surface area contributed by atoms with Crippen molar-refractivity contribution < 1.29 is 9.53 Å². The van der Waals surface area contributed by atoms with E-state index in [9.17, 15) is 4.79 Å². The van der Waals surface area contributed by atoms with Crippen LogP contribution >= 0.6 is 22.9 Å². The maximum atomic E-state index is 11.9. The minimum absolute atomic E-state index is 0.223. The largest absolute Gasteiger partial charge is 0.480 e. The van der Waals surface area contributed by atoms with Crippen LogP contribution in [0.25, 0.3) is 0 Å². The van der Waals surface area contributed by atoms with Crippen molar-refractivity contribution in [2.75, 3.05) is 5.32 Å². The lowest BCUT2D eigenvalue weighted by atomic mass is 10.1. The minimum atomic E-state index is -0.539. The minimum Gasteiger partial charge on any atom is -0.480 e. The van der Waals surface area contributed by atoms with Crippen LogP contribution in [0.1, 0.15) is 5.56 Å². The van der Waals surface area contributed by atoms with Crippen LogP contribution in [-0.4, -0.2) is 22.2 Å². The van der Waals surface area contributed by atoms with E-state index in [0.717, 1.165) is 5.56 Å². The summed E-state index contributed by atoms with van der Waals surface area (Å²) in [6.45, 7) is 0. The van der Waals surface area contributed by atoms with Crippen molar-refractivity contribution in [3.05, 3.63) is 34.3 Å². The molecule has 0 aliphatic carbocycles. The van der Waals surface area contributed by atoms with Crippen molar-refractivity contribution in [1.82, 2.24) is 10.2 Å². The maximum absolute atomic E-state index is 11.9. The van der Waals surface area contributed by atoms with E-state index in [1.807, 2.05) is 6.07 Å². The summed E-state index contributed by atoms with van der Waals surface area (Å²) < 4.78 is 5.56. The van der Waals surface area contributed by atoms with Crippen molar-refractivity contribution in [1.29, 1.82) is 0 Å². The molecule has 3 rings (SSSR count). The van der Waals surface area contributed by atoms with E-state index < -0.39 is 6.10 Å². The van der Waals surface area contributed by atoms with E-state index in [0.29, 0.717) is 22.3 Å². The van der Waals surface area contributed by atoms with E-state index in [1.54, 1.807) is 17.6 Å². The zero-order valence-corrected chi connectivity index (χ0v) is 10.7. The Kier molecular flexibility index (Phi) is 2.89. The Balaban J connectivity index is 1.72. The fourth-order valence-electron chi connectivity index (χ4n) is 1.78. The Morgan fingerprint density at radius 1 is 1.56 bits per heavy atom. The summed E-state index contributed by atoms with van der Waals surface area (Å²) in [5.74, 6) is 0.482. The fourth-order valence-corrected chi connectivity index (χ4v) is 2.42. The van der Waals surface area contributed by atoms with Crippen molar-refractivity contribution in [3.8, 4) is 5.75 Å². The van der Waals surface area contributed by atoms with Crippen LogP contribution in [0.3, 0.4) is 0 Å². The second kappa shape index (κ2) is 4.55. The molecule has 1 atom stereocenters. The van der Waals surface area contributed by atoms with Gasteiger partial charge in [0.15, 0.2) is 6.10 Å². The number of amides is 1. The Morgan fingerprint density at radius 2 is 2.44 bits per heavy atom. The highest BCUT2D eigenvalue weighted by atomic mass is 35.5. The molecule has 0 saturated carbocycles. The summed E-state index contributed by atoms with van der Waals surface area (Å²) in [7, 11) is 0. The third-order valence-corrected chi connectivity index (χ3v) is 3.42. The second-order valence-corrected chi connectivity index (χ2v) is 5.07. The van der Waals surface area contributed by atoms with E-state index in [1.165, 1.54) is 11.3 Å². The first-order valence-corrected chi connectivity index (χ1v) is 6.50. The number of halogens is 1. The first kappa shape index (κ1) is 11.4. The number of hydrogen-bond donors (Lipinski definition) is 1. The number of ether oxygens (including phenoxy) is 1. The molecule has 7 heteroatoms. The highest BCUT2D eigenvalue weighted by Gasteiger charge is 2.29. The fraction of sp³-hybridized carbons (Fsp3) is 0.182. The molecule has 1 amide bonds. The normalized spacial score (nSPS) is 17.1. The number of carbonyl (C=O) groups excluding carboxylic acids is 1. The zero-order chi connectivity index (χ0) is 12.5. The van der Waals surface area contributed by atoms with Crippen molar-refractivity contribution in [3.63, 3.8) is 0 Å². The molecule has 2 heterocycles. The molecule has 0 saturated heterocycles. The number of aromatic nitrogens is 2. The van der Waals surface area contributed by atoms with Gasteiger partial charge >= 0.3 is 0 Å². The Labute approximate surface area is 112 Å². The molecule has 1 aromatic carbocycles. The predicted octanol–water partition coefficient (Wildman–Crippen LogP) is 2.13. The summed E-state index contributed by atoms with van der Waals surface area (Å²) in [5, 5.41) is 11.2. The Hall–Kier alpha value is -1.66. The molecule has 0 radical (unpaired) electrons. The maximum Gasteiger partial charge on any atom is 0.267 e. The molecule has 0 fully saturated rings. The van der Waals surface area contributed by atoms with Crippen LogP contribution in [0.4, 0.5) is 5.13 Å². The molecule has 18 heavy (non-hydrogen) atoms. The van der Waals surface area contributed by atoms with Gasteiger partial charge in [0, 0.05) is 11.4 Å². The summed E-state index contributed by atoms with van der Waals surface area (Å²) in [6, 6.07) is 5.33. The van der Waals surface area contributed by atoms with Gasteiger partial charge in [-0.3, -0.25) is 10.1 Å². The lowest BCUT2D eigenvalue weighted by molar-refractivity contribution is -0.122. The first-order valence-electron chi connectivity index (χ1n) is 5.24. The van der Waals surface area contributed by atoms with Gasteiger partial charge in [0.05, 0.1) is 0 Å². The predicted molar refractivity (Wildman–Crippen MR) is 68.1 cm³/mol. The highest BCUT2D eigenvalue weighted by molar-refractivity contribution is 7.13. The van der Waals surface area contributed by atoms with Crippen LogP contribution in [0, 0.1) is 0 Å². The number of nitrogens with zero attached hydrogens (tertiary/aromatic N) is 2. The Bertz CT molecular complexity index is 588. The van der Waals surface area contributed by atoms with Gasteiger partial charge in [0.25, 0.3) is 5.91 Å². The summed E-state index contributed by atoms with van der Waals surface area (Å²) in [6.07, 6.45) is -0.0251. The molecule has 1 unspecified atom stereocenters. The molecule has 0 spiro atoms. The monoisotopic (exact) mass is 281 g/mol. The number of hydrogen-bond acceptors (Lipinski definition) is 5. The molecule has 2 aromatic rings. The zero-order valence-electron chi connectivity index (χ0n) is 9.09. The SMILES string of the molecule is O=C(Nc1nncs1)C1Cc2cc(Cl)ccc2O1. The van der Waals surface area contributed by atoms with Crippen molar-refractivity contribution in [2.24, 2.45) is 0 Å². The molecule has 92 valence electrons. The van der Waals surface area contributed by atoms with Gasteiger partial charge in [-0.05, 0) is 23.8 Å². The lowest BCUT2D eigenvalue weighted by Gasteiger charge is -2.08. The van der Waals surface area contributed by atoms with Crippen LogP contribution < -0.4 is 10.1 Å². The van der Waals surface area contributed by atoms with Gasteiger partial charge in [-0.1, -0.05) is 22.9 Å². The molecule has 0 bridgehead atoms. The third kappa shape index (κ3) is 2.16. The third-order valence-electron chi connectivity index (χ3n) is 2.58. The van der Waals surface area contributed by atoms with Crippen LogP contribution in [-0.2, 0) is 11.2 Å². The molecular formula is C11H8ClN3O2S. The average molecular weight is 282 g/mol. The smallest absolute Gasteiger partial charge is 0.267 e. The number of rotatable bonds is 2. The van der Waals surface area contributed by atoms with E-state index in [4.69, 9.17) is 16.3 Å². The standard InChI is InChI=1S/C11H8ClN3O2S/c12-7-1-2-8-6(3-7)4-9(17-8)10(16)14-11-15-13-5-18-11/h1-3,5,9H,4H2,(H,14,15,16). The second-order valence-electron chi connectivity index (χ2n) is 3.80. The number of benzene rings is 1. The van der Waals surface area contributed by atoms with Gasteiger partial charge in [-0.25, -0.2) is 0 Å². The number of nitrogens with one attached hydrogen (secondary N) is 1. The summed E-state index contributed by atoms with van der Waals surface area (Å²) >= 11 is 7.16. The molecular weight excluding hydrogens is 274 g/mol. The van der Waals surface area contributed by atoms with Crippen LogP contribution in [0.15, 0.2) is 23.7 Å². The van der Waals surface area contributed by atoms with Gasteiger partial charge < -0.3 is 4.74 Å². The quantitative estimate of drug-likeness (QED) is 0.916.